The Morgan fingerprint density at radius 2 is 2.47 bits per heavy atom. The van der Waals surface area contributed by atoms with E-state index in [9.17, 15) is 0 Å². The second-order valence-corrected chi connectivity index (χ2v) is 4.59. The number of ether oxygens (including phenoxy) is 1. The number of hydrogen-bond donors (Lipinski definition) is 1. The molecule has 96 valence electrons. The molecular formula is C14H13N3OS. The van der Waals surface area contributed by atoms with Crippen molar-refractivity contribution in [2.24, 2.45) is 5.10 Å². The summed E-state index contributed by atoms with van der Waals surface area (Å²) in [6.45, 7) is 2.20. The van der Waals surface area contributed by atoms with E-state index in [1.807, 2.05) is 36.6 Å². The summed E-state index contributed by atoms with van der Waals surface area (Å²) in [5.41, 5.74) is 4.79. The maximum absolute atomic E-state index is 5.34. The minimum absolute atomic E-state index is 0.261. The maximum Gasteiger partial charge on any atom is 0.203 e. The summed E-state index contributed by atoms with van der Waals surface area (Å²) in [6, 6.07) is 7.55. The molecule has 0 saturated heterocycles. The SMILES string of the molecule is C#CCOc1cccc(C=NNc2nc(C)cs2)c1. The lowest BCUT2D eigenvalue weighted by molar-refractivity contribution is 0.370. The summed E-state index contributed by atoms with van der Waals surface area (Å²) >= 11 is 1.52. The van der Waals surface area contributed by atoms with Crippen molar-refractivity contribution in [3.05, 3.63) is 40.9 Å². The third-order valence-corrected chi connectivity index (χ3v) is 3.04. The van der Waals surface area contributed by atoms with Crippen molar-refractivity contribution < 1.29 is 4.74 Å². The molecule has 1 N–H and O–H groups in total. The van der Waals surface area contributed by atoms with Gasteiger partial charge in [-0.15, -0.1) is 17.8 Å². The predicted octanol–water partition coefficient (Wildman–Crippen LogP) is 2.91. The molecule has 0 spiro atoms. The van der Waals surface area contributed by atoms with Gasteiger partial charge in [0, 0.05) is 5.38 Å². The summed E-state index contributed by atoms with van der Waals surface area (Å²) in [7, 11) is 0. The average molecular weight is 271 g/mol. The Morgan fingerprint density at radius 1 is 1.58 bits per heavy atom. The summed E-state index contributed by atoms with van der Waals surface area (Å²) in [5, 5.41) is 6.86. The van der Waals surface area contributed by atoms with Crippen molar-refractivity contribution in [1.82, 2.24) is 4.98 Å². The third-order valence-electron chi connectivity index (χ3n) is 2.17. The van der Waals surface area contributed by atoms with Crippen LogP contribution < -0.4 is 10.2 Å². The largest absolute Gasteiger partial charge is 0.481 e. The first-order valence-electron chi connectivity index (χ1n) is 5.65. The van der Waals surface area contributed by atoms with Gasteiger partial charge in [-0.3, -0.25) is 5.43 Å². The molecule has 0 radical (unpaired) electrons. The topological polar surface area (TPSA) is 46.5 Å². The maximum atomic E-state index is 5.34. The first-order chi connectivity index (χ1) is 9.28. The molecule has 0 aliphatic heterocycles. The summed E-state index contributed by atoms with van der Waals surface area (Å²) in [6.07, 6.45) is 6.85. The van der Waals surface area contributed by atoms with Crippen molar-refractivity contribution in [1.29, 1.82) is 0 Å². The van der Waals surface area contributed by atoms with Crippen LogP contribution in [0.25, 0.3) is 0 Å². The molecule has 0 aliphatic rings. The van der Waals surface area contributed by atoms with Crippen LogP contribution in [0.2, 0.25) is 0 Å². The van der Waals surface area contributed by atoms with Crippen LogP contribution >= 0.6 is 11.3 Å². The normalized spacial score (nSPS) is 10.3. The lowest BCUT2D eigenvalue weighted by Gasteiger charge is -2.02. The van der Waals surface area contributed by atoms with E-state index in [-0.39, 0.29) is 6.61 Å². The van der Waals surface area contributed by atoms with Crippen LogP contribution in [-0.4, -0.2) is 17.8 Å². The molecule has 1 heterocycles. The standard InChI is InChI=1S/C14H13N3OS/c1-3-7-18-13-6-4-5-12(8-13)9-15-17-14-16-11(2)10-19-14/h1,4-6,8-10H,7H2,2H3,(H,16,17). The Kier molecular flexibility index (Phi) is 4.54. The highest BCUT2D eigenvalue weighted by Gasteiger charge is 1.96. The molecule has 1 aromatic heterocycles. The van der Waals surface area contributed by atoms with Crippen molar-refractivity contribution >= 4 is 22.7 Å². The van der Waals surface area contributed by atoms with Crippen LogP contribution in [0, 0.1) is 19.3 Å². The predicted molar refractivity (Wildman–Crippen MR) is 78.8 cm³/mol. The monoisotopic (exact) mass is 271 g/mol. The van der Waals surface area contributed by atoms with E-state index < -0.39 is 0 Å². The molecule has 2 aromatic rings. The molecule has 0 unspecified atom stereocenters. The van der Waals surface area contributed by atoms with Gasteiger partial charge in [0.2, 0.25) is 5.13 Å². The fourth-order valence-electron chi connectivity index (χ4n) is 1.38. The number of aryl methyl sites for hydroxylation is 1. The highest BCUT2D eigenvalue weighted by atomic mass is 32.1. The average Bonchev–Trinajstić information content (AvgIpc) is 2.83. The Morgan fingerprint density at radius 3 is 3.21 bits per heavy atom. The number of benzene rings is 1. The van der Waals surface area contributed by atoms with Crippen LogP contribution in [0.5, 0.6) is 5.75 Å². The van der Waals surface area contributed by atoms with Crippen LogP contribution in [0.15, 0.2) is 34.7 Å². The first kappa shape index (κ1) is 13.1. The number of thiazole rings is 1. The molecule has 0 bridgehead atoms. The fraction of sp³-hybridized carbons (Fsp3) is 0.143. The van der Waals surface area contributed by atoms with Gasteiger partial charge in [0.05, 0.1) is 11.9 Å². The summed E-state index contributed by atoms with van der Waals surface area (Å²) in [4.78, 5) is 4.25. The van der Waals surface area contributed by atoms with E-state index in [0.717, 1.165) is 22.1 Å². The van der Waals surface area contributed by atoms with Gasteiger partial charge in [0.25, 0.3) is 0 Å². The van der Waals surface area contributed by atoms with Crippen molar-refractivity contribution in [2.45, 2.75) is 6.92 Å². The lowest BCUT2D eigenvalue weighted by atomic mass is 10.2. The zero-order valence-electron chi connectivity index (χ0n) is 10.5. The molecule has 0 aliphatic carbocycles. The fourth-order valence-corrected chi connectivity index (χ4v) is 2.01. The number of anilines is 1. The van der Waals surface area contributed by atoms with Gasteiger partial charge in [-0.1, -0.05) is 18.1 Å². The number of nitrogens with one attached hydrogen (secondary N) is 1. The number of hydrogen-bond acceptors (Lipinski definition) is 5. The van der Waals surface area contributed by atoms with E-state index >= 15 is 0 Å². The van der Waals surface area contributed by atoms with Crippen LogP contribution in [0.3, 0.4) is 0 Å². The Hall–Kier alpha value is -2.32. The number of nitrogens with zero attached hydrogens (tertiary/aromatic N) is 2. The van der Waals surface area contributed by atoms with Gasteiger partial charge >= 0.3 is 0 Å². The van der Waals surface area contributed by atoms with Gasteiger partial charge in [-0.05, 0) is 24.6 Å². The highest BCUT2D eigenvalue weighted by Crippen LogP contribution is 2.14. The molecule has 2 rings (SSSR count). The minimum atomic E-state index is 0.261. The second-order valence-electron chi connectivity index (χ2n) is 3.73. The van der Waals surface area contributed by atoms with Gasteiger partial charge in [0.1, 0.15) is 12.4 Å². The van der Waals surface area contributed by atoms with Crippen LogP contribution in [0.4, 0.5) is 5.13 Å². The molecule has 0 saturated carbocycles. The van der Waals surface area contributed by atoms with Gasteiger partial charge in [-0.25, -0.2) is 4.98 Å². The Bertz CT molecular complexity index is 613. The van der Waals surface area contributed by atoms with E-state index in [1.165, 1.54) is 11.3 Å². The zero-order valence-corrected chi connectivity index (χ0v) is 11.3. The molecule has 1 aromatic carbocycles. The van der Waals surface area contributed by atoms with E-state index in [2.05, 4.69) is 21.4 Å². The quantitative estimate of drug-likeness (QED) is 0.516. The van der Waals surface area contributed by atoms with Gasteiger partial charge in [0.15, 0.2) is 0 Å². The van der Waals surface area contributed by atoms with E-state index in [0.29, 0.717) is 0 Å². The van der Waals surface area contributed by atoms with E-state index in [1.54, 1.807) is 6.21 Å². The molecule has 0 amide bonds. The summed E-state index contributed by atoms with van der Waals surface area (Å²) < 4.78 is 5.34. The smallest absolute Gasteiger partial charge is 0.203 e. The molecule has 0 atom stereocenters. The summed E-state index contributed by atoms with van der Waals surface area (Å²) in [5.74, 6) is 3.16. The molecule has 0 fully saturated rings. The van der Waals surface area contributed by atoms with Gasteiger partial charge < -0.3 is 4.74 Å². The van der Waals surface area contributed by atoms with Crippen LogP contribution in [-0.2, 0) is 0 Å². The molecular weight excluding hydrogens is 258 g/mol. The van der Waals surface area contributed by atoms with Crippen molar-refractivity contribution in [3.63, 3.8) is 0 Å². The number of terminal acetylenes is 1. The highest BCUT2D eigenvalue weighted by molar-refractivity contribution is 7.13. The van der Waals surface area contributed by atoms with Crippen molar-refractivity contribution in [2.75, 3.05) is 12.0 Å². The Labute approximate surface area is 116 Å². The molecule has 5 heteroatoms. The number of hydrazone groups is 1. The Balaban J connectivity index is 1.96. The zero-order chi connectivity index (χ0) is 13.5. The molecule has 19 heavy (non-hydrogen) atoms. The molecule has 4 nitrogen and oxygen atoms in total. The van der Waals surface area contributed by atoms with E-state index in [4.69, 9.17) is 11.2 Å². The van der Waals surface area contributed by atoms with Gasteiger partial charge in [-0.2, -0.15) is 5.10 Å². The van der Waals surface area contributed by atoms with Crippen molar-refractivity contribution in [3.8, 4) is 18.1 Å². The van der Waals surface area contributed by atoms with Crippen LogP contribution in [0.1, 0.15) is 11.3 Å². The minimum Gasteiger partial charge on any atom is -0.481 e. The number of aromatic nitrogens is 1. The third kappa shape index (κ3) is 4.12. The second kappa shape index (κ2) is 6.57. The first-order valence-corrected chi connectivity index (χ1v) is 6.53. The number of rotatable bonds is 5. The lowest BCUT2D eigenvalue weighted by Crippen LogP contribution is -1.94.